The standard InChI is InChI=1S/C23H18F3N5O4/c24-23(25,26)22(33)34-13-18(32)29-15-8-6-14(7-9-15)12-28-20-19-17(30-31-20)10-11-27-21(19)35-16-4-2-1-3-5-16/h1-11H,12-13H2,(H,29,32)(H2,28,30,31). The predicted molar refractivity (Wildman–Crippen MR) is 120 cm³/mol. The number of aromatic amines is 1. The van der Waals surface area contributed by atoms with Gasteiger partial charge >= 0.3 is 12.1 Å². The molecule has 4 aromatic rings. The van der Waals surface area contributed by atoms with Crippen LogP contribution in [0.5, 0.6) is 11.6 Å². The van der Waals surface area contributed by atoms with E-state index in [1.165, 1.54) is 0 Å². The van der Waals surface area contributed by atoms with Crippen molar-refractivity contribution in [2.75, 3.05) is 17.2 Å². The molecule has 0 spiro atoms. The summed E-state index contributed by atoms with van der Waals surface area (Å²) in [6.45, 7) is -0.674. The monoisotopic (exact) mass is 485 g/mol. The number of para-hydroxylation sites is 1. The minimum Gasteiger partial charge on any atom is -0.449 e. The molecular weight excluding hydrogens is 467 g/mol. The lowest BCUT2D eigenvalue weighted by Gasteiger charge is -2.10. The summed E-state index contributed by atoms with van der Waals surface area (Å²) >= 11 is 0. The van der Waals surface area contributed by atoms with Crippen molar-refractivity contribution in [2.45, 2.75) is 12.7 Å². The van der Waals surface area contributed by atoms with Gasteiger partial charge in [0.2, 0.25) is 5.88 Å². The molecule has 2 heterocycles. The fourth-order valence-corrected chi connectivity index (χ4v) is 3.04. The highest BCUT2D eigenvalue weighted by Gasteiger charge is 2.41. The van der Waals surface area contributed by atoms with Crippen LogP contribution in [0.2, 0.25) is 0 Å². The molecule has 0 atom stereocenters. The lowest BCUT2D eigenvalue weighted by molar-refractivity contribution is -0.199. The van der Waals surface area contributed by atoms with Crippen molar-refractivity contribution in [1.29, 1.82) is 0 Å². The minimum absolute atomic E-state index is 0.328. The van der Waals surface area contributed by atoms with Gasteiger partial charge in [0.25, 0.3) is 5.91 Å². The van der Waals surface area contributed by atoms with Gasteiger partial charge in [-0.05, 0) is 35.9 Å². The van der Waals surface area contributed by atoms with Crippen LogP contribution in [-0.4, -0.2) is 39.8 Å². The molecule has 35 heavy (non-hydrogen) atoms. The van der Waals surface area contributed by atoms with Crippen LogP contribution in [0.3, 0.4) is 0 Å². The Balaban J connectivity index is 1.36. The maximum absolute atomic E-state index is 12.1. The Morgan fingerprint density at radius 1 is 1.00 bits per heavy atom. The van der Waals surface area contributed by atoms with E-state index < -0.39 is 24.7 Å². The number of amides is 1. The SMILES string of the molecule is O=C(COC(=O)C(F)(F)F)Nc1ccc(CNc2n[nH]c3ccnc(Oc4ccccc4)c23)cc1. The maximum atomic E-state index is 12.1. The van der Waals surface area contributed by atoms with E-state index >= 15 is 0 Å². The van der Waals surface area contributed by atoms with Gasteiger partial charge in [-0.15, -0.1) is 0 Å². The van der Waals surface area contributed by atoms with Gasteiger partial charge in [-0.25, -0.2) is 9.78 Å². The number of fused-ring (bicyclic) bond motifs is 1. The highest BCUT2D eigenvalue weighted by molar-refractivity contribution is 5.94. The third-order valence-corrected chi connectivity index (χ3v) is 4.66. The summed E-state index contributed by atoms with van der Waals surface area (Å²) in [5.41, 5.74) is 1.89. The second-order valence-corrected chi connectivity index (χ2v) is 7.20. The van der Waals surface area contributed by atoms with Crippen molar-refractivity contribution in [2.24, 2.45) is 0 Å². The zero-order valence-corrected chi connectivity index (χ0v) is 17.9. The number of alkyl halides is 3. The first-order valence-electron chi connectivity index (χ1n) is 10.2. The van der Waals surface area contributed by atoms with Crippen molar-refractivity contribution >= 4 is 34.3 Å². The molecule has 0 saturated heterocycles. The van der Waals surface area contributed by atoms with E-state index in [2.05, 4.69) is 30.6 Å². The summed E-state index contributed by atoms with van der Waals surface area (Å²) in [6, 6.07) is 17.5. The van der Waals surface area contributed by atoms with E-state index in [0.29, 0.717) is 35.1 Å². The third-order valence-electron chi connectivity index (χ3n) is 4.66. The van der Waals surface area contributed by atoms with E-state index in [4.69, 9.17) is 4.74 Å². The Morgan fingerprint density at radius 2 is 1.74 bits per heavy atom. The Hall–Kier alpha value is -4.61. The van der Waals surface area contributed by atoms with Crippen LogP contribution < -0.4 is 15.4 Å². The molecule has 1 amide bonds. The molecule has 12 heteroatoms. The molecule has 9 nitrogen and oxygen atoms in total. The molecule has 2 aromatic carbocycles. The van der Waals surface area contributed by atoms with Gasteiger partial charge in [-0.3, -0.25) is 9.89 Å². The number of ether oxygens (including phenoxy) is 2. The Bertz CT molecular complexity index is 1320. The highest BCUT2D eigenvalue weighted by atomic mass is 19.4. The molecule has 180 valence electrons. The summed E-state index contributed by atoms with van der Waals surface area (Å²) < 4.78 is 46.2. The van der Waals surface area contributed by atoms with E-state index in [-0.39, 0.29) is 0 Å². The second-order valence-electron chi connectivity index (χ2n) is 7.20. The van der Waals surface area contributed by atoms with Gasteiger partial charge < -0.3 is 20.1 Å². The van der Waals surface area contributed by atoms with Crippen LogP contribution in [0.1, 0.15) is 5.56 Å². The summed E-state index contributed by atoms with van der Waals surface area (Å²) in [7, 11) is 0. The zero-order chi connectivity index (χ0) is 24.8. The largest absolute Gasteiger partial charge is 0.490 e. The number of aromatic nitrogens is 3. The van der Waals surface area contributed by atoms with Gasteiger partial charge in [0.15, 0.2) is 12.4 Å². The molecule has 0 saturated carbocycles. The van der Waals surface area contributed by atoms with Crippen molar-refractivity contribution in [3.8, 4) is 11.6 Å². The number of rotatable bonds is 8. The van der Waals surface area contributed by atoms with Crippen molar-refractivity contribution in [1.82, 2.24) is 15.2 Å². The van der Waals surface area contributed by atoms with Crippen LogP contribution in [0, 0.1) is 0 Å². The third kappa shape index (κ3) is 6.05. The van der Waals surface area contributed by atoms with Crippen LogP contribution >= 0.6 is 0 Å². The molecular formula is C23H18F3N5O4. The molecule has 0 bridgehead atoms. The van der Waals surface area contributed by atoms with Gasteiger partial charge in [0.1, 0.15) is 11.1 Å². The first-order valence-corrected chi connectivity index (χ1v) is 10.2. The Kier molecular flexibility index (Phi) is 6.81. The second kappa shape index (κ2) is 10.1. The molecule has 3 N–H and O–H groups in total. The number of benzene rings is 2. The Labute approximate surface area is 196 Å². The van der Waals surface area contributed by atoms with Gasteiger partial charge in [0.05, 0.1) is 5.52 Å². The lowest BCUT2D eigenvalue weighted by atomic mass is 10.2. The number of pyridine rings is 1. The molecule has 2 aromatic heterocycles. The summed E-state index contributed by atoms with van der Waals surface area (Å²) in [6.07, 6.45) is -3.54. The van der Waals surface area contributed by atoms with Crippen molar-refractivity contribution < 1.29 is 32.2 Å². The van der Waals surface area contributed by atoms with Gasteiger partial charge in [-0.1, -0.05) is 30.3 Å². The number of halogens is 3. The van der Waals surface area contributed by atoms with E-state index in [1.807, 2.05) is 30.3 Å². The molecule has 0 aliphatic rings. The minimum atomic E-state index is -5.15. The van der Waals surface area contributed by atoms with E-state index in [0.717, 1.165) is 11.1 Å². The molecule has 0 aliphatic carbocycles. The van der Waals surface area contributed by atoms with Crippen LogP contribution in [0.4, 0.5) is 24.7 Å². The zero-order valence-electron chi connectivity index (χ0n) is 17.9. The molecule has 0 fully saturated rings. The number of hydrogen-bond acceptors (Lipinski definition) is 7. The number of anilines is 2. The van der Waals surface area contributed by atoms with Gasteiger partial charge in [0, 0.05) is 18.4 Å². The molecule has 0 aliphatic heterocycles. The summed E-state index contributed by atoms with van der Waals surface area (Å²) in [5.74, 6) is -1.77. The predicted octanol–water partition coefficient (Wildman–Crippen LogP) is 4.41. The highest BCUT2D eigenvalue weighted by Crippen LogP contribution is 2.32. The van der Waals surface area contributed by atoms with Crippen LogP contribution in [0.15, 0.2) is 66.9 Å². The fourth-order valence-electron chi connectivity index (χ4n) is 3.04. The molecule has 0 radical (unpaired) electrons. The number of hydrogen-bond donors (Lipinski definition) is 3. The molecule has 0 unspecified atom stereocenters. The van der Waals surface area contributed by atoms with E-state index in [1.54, 1.807) is 36.5 Å². The average molecular weight is 485 g/mol. The number of H-pyrrole nitrogens is 1. The molecule has 4 rings (SSSR count). The number of carbonyl (C=O) groups excluding carboxylic acids is 2. The number of carbonyl (C=O) groups is 2. The number of nitrogens with zero attached hydrogens (tertiary/aromatic N) is 2. The summed E-state index contributed by atoms with van der Waals surface area (Å²) in [4.78, 5) is 26.7. The topological polar surface area (TPSA) is 118 Å². The lowest BCUT2D eigenvalue weighted by Crippen LogP contribution is -2.29. The smallest absolute Gasteiger partial charge is 0.449 e. The van der Waals surface area contributed by atoms with E-state index in [9.17, 15) is 22.8 Å². The quantitative estimate of drug-likeness (QED) is 0.317. The summed E-state index contributed by atoms with van der Waals surface area (Å²) in [5, 5.41) is 13.4. The first kappa shape index (κ1) is 23.5. The maximum Gasteiger partial charge on any atom is 0.490 e. The average Bonchev–Trinajstić information content (AvgIpc) is 3.26. The van der Waals surface area contributed by atoms with Gasteiger partial charge in [-0.2, -0.15) is 18.3 Å². The fraction of sp³-hybridized carbons (Fsp3) is 0.130. The van der Waals surface area contributed by atoms with Crippen LogP contribution in [-0.2, 0) is 20.9 Å². The van der Waals surface area contributed by atoms with Crippen molar-refractivity contribution in [3.05, 3.63) is 72.4 Å². The first-order chi connectivity index (χ1) is 16.8. The number of esters is 1. The Morgan fingerprint density at radius 3 is 2.46 bits per heavy atom. The van der Waals surface area contributed by atoms with Crippen molar-refractivity contribution in [3.63, 3.8) is 0 Å². The number of nitrogens with one attached hydrogen (secondary N) is 3. The van der Waals surface area contributed by atoms with Crippen LogP contribution in [0.25, 0.3) is 10.9 Å². The normalized spacial score (nSPS) is 11.2.